The van der Waals surface area contributed by atoms with E-state index in [0.29, 0.717) is 12.5 Å². The molecule has 0 aliphatic carbocycles. The summed E-state index contributed by atoms with van der Waals surface area (Å²) in [6.45, 7) is 3.83. The van der Waals surface area contributed by atoms with E-state index < -0.39 is 0 Å². The maximum Gasteiger partial charge on any atom is 0.225 e. The molecule has 1 aliphatic rings. The van der Waals surface area contributed by atoms with Crippen LogP contribution in [0.1, 0.15) is 36.6 Å². The molecule has 1 amide bonds. The van der Waals surface area contributed by atoms with E-state index in [1.165, 1.54) is 5.56 Å². The molecule has 2 aromatic carbocycles. The van der Waals surface area contributed by atoms with E-state index in [-0.39, 0.29) is 5.91 Å². The van der Waals surface area contributed by atoms with Gasteiger partial charge in [0.25, 0.3) is 0 Å². The Morgan fingerprint density at radius 3 is 2.57 bits per heavy atom. The topological polar surface area (TPSA) is 59.4 Å². The van der Waals surface area contributed by atoms with Crippen LogP contribution in [0.3, 0.4) is 0 Å². The van der Waals surface area contributed by atoms with Gasteiger partial charge in [-0.1, -0.05) is 18.2 Å². The number of rotatable bonds is 7. The van der Waals surface area contributed by atoms with Gasteiger partial charge in [0, 0.05) is 43.5 Å². The number of para-hydroxylation sites is 1. The zero-order valence-electron chi connectivity index (χ0n) is 17.5. The van der Waals surface area contributed by atoms with Crippen LogP contribution < -0.4 is 10.1 Å². The van der Waals surface area contributed by atoms with Gasteiger partial charge in [-0.25, -0.2) is 0 Å². The number of aromatic nitrogens is 2. The molecule has 0 radical (unpaired) electrons. The summed E-state index contributed by atoms with van der Waals surface area (Å²) in [7, 11) is 1.96. The molecule has 0 spiro atoms. The molecular weight excluding hydrogens is 376 g/mol. The first kappa shape index (κ1) is 20.2. The molecule has 2 heterocycles. The molecule has 6 nitrogen and oxygen atoms in total. The van der Waals surface area contributed by atoms with E-state index in [9.17, 15) is 4.79 Å². The van der Waals surface area contributed by atoms with Crippen molar-refractivity contribution in [1.29, 1.82) is 0 Å². The number of nitrogens with one attached hydrogen (secondary N) is 1. The van der Waals surface area contributed by atoms with Gasteiger partial charge in [-0.3, -0.25) is 14.4 Å². The predicted octanol–water partition coefficient (Wildman–Crippen LogP) is 4.69. The van der Waals surface area contributed by atoms with Crippen molar-refractivity contribution in [3.8, 4) is 11.5 Å². The molecule has 0 bridgehead atoms. The second-order valence-electron chi connectivity index (χ2n) is 7.78. The number of nitrogens with zero attached hydrogens (tertiary/aromatic N) is 3. The standard InChI is InChI=1S/C24H28N4O2/c1-18-22(17-27(2)26-18)23-9-6-15-28(23)16-14-24(29)25-19-10-12-21(13-11-19)30-20-7-4-3-5-8-20/h3-5,7-8,10-13,17,23H,6,9,14-16H2,1-2H3,(H,25,29). The van der Waals surface area contributed by atoms with Gasteiger partial charge in [0.05, 0.1) is 5.69 Å². The summed E-state index contributed by atoms with van der Waals surface area (Å²) in [6, 6.07) is 17.5. The highest BCUT2D eigenvalue weighted by atomic mass is 16.5. The van der Waals surface area contributed by atoms with Gasteiger partial charge in [-0.2, -0.15) is 5.10 Å². The first-order valence-electron chi connectivity index (χ1n) is 10.5. The van der Waals surface area contributed by atoms with Crippen molar-refractivity contribution in [2.24, 2.45) is 7.05 Å². The Morgan fingerprint density at radius 2 is 1.87 bits per heavy atom. The molecule has 4 rings (SSSR count). The highest BCUT2D eigenvalue weighted by Gasteiger charge is 2.28. The highest BCUT2D eigenvalue weighted by Crippen LogP contribution is 2.33. The number of hydrogen-bond donors (Lipinski definition) is 1. The zero-order valence-corrected chi connectivity index (χ0v) is 17.5. The molecule has 156 valence electrons. The number of likely N-dealkylation sites (tertiary alicyclic amines) is 1. The Kier molecular flexibility index (Phi) is 6.14. The van der Waals surface area contributed by atoms with Crippen LogP contribution in [0.15, 0.2) is 60.8 Å². The average molecular weight is 405 g/mol. The molecule has 6 heteroatoms. The highest BCUT2D eigenvalue weighted by molar-refractivity contribution is 5.90. The Labute approximate surface area is 177 Å². The third kappa shape index (κ3) is 4.89. The minimum atomic E-state index is 0.0280. The van der Waals surface area contributed by atoms with Crippen molar-refractivity contribution in [1.82, 2.24) is 14.7 Å². The van der Waals surface area contributed by atoms with E-state index in [1.807, 2.05) is 66.3 Å². The average Bonchev–Trinajstić information content (AvgIpc) is 3.34. The van der Waals surface area contributed by atoms with Crippen LogP contribution >= 0.6 is 0 Å². The Morgan fingerprint density at radius 1 is 1.13 bits per heavy atom. The van der Waals surface area contributed by atoms with E-state index in [1.54, 1.807) is 0 Å². The lowest BCUT2D eigenvalue weighted by Gasteiger charge is -2.24. The van der Waals surface area contributed by atoms with Crippen LogP contribution in [0.25, 0.3) is 0 Å². The van der Waals surface area contributed by atoms with Crippen molar-refractivity contribution < 1.29 is 9.53 Å². The lowest BCUT2D eigenvalue weighted by molar-refractivity contribution is -0.116. The number of benzene rings is 2. The van der Waals surface area contributed by atoms with Crippen LogP contribution in [0.4, 0.5) is 5.69 Å². The van der Waals surface area contributed by atoms with Crippen LogP contribution in [0.2, 0.25) is 0 Å². The SMILES string of the molecule is Cc1nn(C)cc1C1CCCN1CCC(=O)Nc1ccc(Oc2ccccc2)cc1. The number of anilines is 1. The zero-order chi connectivity index (χ0) is 20.9. The summed E-state index contributed by atoms with van der Waals surface area (Å²) in [5.41, 5.74) is 3.14. The molecular formula is C24H28N4O2. The Hall–Kier alpha value is -3.12. The molecule has 30 heavy (non-hydrogen) atoms. The van der Waals surface area contributed by atoms with Crippen molar-refractivity contribution >= 4 is 11.6 Å². The van der Waals surface area contributed by atoms with E-state index >= 15 is 0 Å². The number of carbonyl (C=O) groups excluding carboxylic acids is 1. The largest absolute Gasteiger partial charge is 0.457 e. The van der Waals surface area contributed by atoms with Crippen LogP contribution in [-0.4, -0.2) is 33.7 Å². The van der Waals surface area contributed by atoms with Crippen molar-refractivity contribution in [3.05, 3.63) is 72.1 Å². The molecule has 1 aromatic heterocycles. The minimum Gasteiger partial charge on any atom is -0.457 e. The third-order valence-electron chi connectivity index (χ3n) is 5.52. The summed E-state index contributed by atoms with van der Waals surface area (Å²) >= 11 is 0. The summed E-state index contributed by atoms with van der Waals surface area (Å²) < 4.78 is 7.67. The molecule has 1 aliphatic heterocycles. The van der Waals surface area contributed by atoms with Crippen LogP contribution in [0, 0.1) is 6.92 Å². The van der Waals surface area contributed by atoms with Crippen LogP contribution in [-0.2, 0) is 11.8 Å². The Bertz CT molecular complexity index is 982. The number of carbonyl (C=O) groups is 1. The van der Waals surface area contributed by atoms with Gasteiger partial charge in [0.15, 0.2) is 0 Å². The van der Waals surface area contributed by atoms with E-state index in [4.69, 9.17) is 4.74 Å². The van der Waals surface area contributed by atoms with Gasteiger partial charge < -0.3 is 10.1 Å². The smallest absolute Gasteiger partial charge is 0.225 e. The third-order valence-corrected chi connectivity index (χ3v) is 5.52. The maximum atomic E-state index is 12.5. The van der Waals surface area contributed by atoms with Gasteiger partial charge in [-0.05, 0) is 62.7 Å². The normalized spacial score (nSPS) is 16.5. The lowest BCUT2D eigenvalue weighted by atomic mass is 10.1. The van der Waals surface area contributed by atoms with Gasteiger partial charge in [0.1, 0.15) is 11.5 Å². The number of amides is 1. The van der Waals surface area contributed by atoms with E-state index in [0.717, 1.165) is 48.8 Å². The number of ether oxygens (including phenoxy) is 1. The van der Waals surface area contributed by atoms with Crippen molar-refractivity contribution in [2.45, 2.75) is 32.2 Å². The molecule has 1 unspecified atom stereocenters. The number of aryl methyl sites for hydroxylation is 2. The summed E-state index contributed by atoms with van der Waals surface area (Å²) in [5.74, 6) is 1.56. The lowest BCUT2D eigenvalue weighted by Crippen LogP contribution is -2.27. The predicted molar refractivity (Wildman–Crippen MR) is 118 cm³/mol. The fourth-order valence-electron chi connectivity index (χ4n) is 4.09. The summed E-state index contributed by atoms with van der Waals surface area (Å²) in [6.07, 6.45) is 4.86. The molecule has 1 saturated heterocycles. The van der Waals surface area contributed by atoms with Gasteiger partial charge in [0.2, 0.25) is 5.91 Å². The molecule has 1 N–H and O–H groups in total. The first-order valence-corrected chi connectivity index (χ1v) is 10.5. The molecule has 0 saturated carbocycles. The second kappa shape index (κ2) is 9.13. The molecule has 3 aromatic rings. The van der Waals surface area contributed by atoms with Crippen LogP contribution in [0.5, 0.6) is 11.5 Å². The van der Waals surface area contributed by atoms with Gasteiger partial charge in [-0.15, -0.1) is 0 Å². The maximum absolute atomic E-state index is 12.5. The molecule has 1 fully saturated rings. The first-order chi connectivity index (χ1) is 14.6. The summed E-state index contributed by atoms with van der Waals surface area (Å²) in [5, 5.41) is 7.46. The van der Waals surface area contributed by atoms with Crippen molar-refractivity contribution in [3.63, 3.8) is 0 Å². The van der Waals surface area contributed by atoms with Crippen molar-refractivity contribution in [2.75, 3.05) is 18.4 Å². The second-order valence-corrected chi connectivity index (χ2v) is 7.78. The fourth-order valence-corrected chi connectivity index (χ4v) is 4.09. The Balaban J connectivity index is 1.29. The summed E-state index contributed by atoms with van der Waals surface area (Å²) in [4.78, 5) is 14.9. The fraction of sp³-hybridized carbons (Fsp3) is 0.333. The van der Waals surface area contributed by atoms with Gasteiger partial charge >= 0.3 is 0 Å². The quantitative estimate of drug-likeness (QED) is 0.621. The minimum absolute atomic E-state index is 0.0280. The number of hydrogen-bond acceptors (Lipinski definition) is 4. The van der Waals surface area contributed by atoms with E-state index in [2.05, 4.69) is 28.4 Å². The molecule has 1 atom stereocenters. The monoisotopic (exact) mass is 404 g/mol.